The summed E-state index contributed by atoms with van der Waals surface area (Å²) in [5.74, 6) is 0.847. The summed E-state index contributed by atoms with van der Waals surface area (Å²) in [6.45, 7) is -0.919. The van der Waals surface area contributed by atoms with Gasteiger partial charge in [-0.2, -0.15) is 8.78 Å². The maximum absolute atomic E-state index is 12.5. The van der Waals surface area contributed by atoms with Gasteiger partial charge in [-0.1, -0.05) is 11.6 Å². The number of hydrogen-bond acceptors (Lipinski definition) is 4. The summed E-state index contributed by atoms with van der Waals surface area (Å²) in [4.78, 5) is 17.0. The van der Waals surface area contributed by atoms with Crippen molar-refractivity contribution in [3.05, 3.63) is 52.3 Å². The molecule has 1 amide bonds. The van der Waals surface area contributed by atoms with Crippen LogP contribution >= 0.6 is 11.6 Å². The van der Waals surface area contributed by atoms with Crippen LogP contribution in [0.15, 0.2) is 30.3 Å². The van der Waals surface area contributed by atoms with Crippen molar-refractivity contribution in [1.29, 1.82) is 0 Å². The van der Waals surface area contributed by atoms with Crippen molar-refractivity contribution >= 4 is 28.5 Å². The van der Waals surface area contributed by atoms with Gasteiger partial charge in [0.1, 0.15) is 17.3 Å². The van der Waals surface area contributed by atoms with E-state index in [-0.39, 0.29) is 22.9 Å². The zero-order valence-electron chi connectivity index (χ0n) is 15.4. The van der Waals surface area contributed by atoms with E-state index < -0.39 is 12.5 Å². The summed E-state index contributed by atoms with van der Waals surface area (Å²) in [5, 5.41) is 2.72. The van der Waals surface area contributed by atoms with Crippen LogP contribution in [0.3, 0.4) is 0 Å². The molecule has 28 heavy (non-hydrogen) atoms. The average Bonchev–Trinajstić information content (AvgIpc) is 2.95. The fourth-order valence-electron chi connectivity index (χ4n) is 2.95. The highest BCUT2D eigenvalue weighted by Crippen LogP contribution is 2.29. The van der Waals surface area contributed by atoms with E-state index in [1.807, 2.05) is 24.6 Å². The normalized spacial score (nSPS) is 11.1. The number of imidazole rings is 1. The van der Waals surface area contributed by atoms with E-state index in [0.717, 1.165) is 22.4 Å². The monoisotopic (exact) mass is 409 g/mol. The van der Waals surface area contributed by atoms with Gasteiger partial charge in [-0.3, -0.25) is 4.79 Å². The Labute approximate surface area is 165 Å². The summed E-state index contributed by atoms with van der Waals surface area (Å²) in [6.07, 6.45) is 0. The second-order valence-corrected chi connectivity index (χ2v) is 6.45. The topological polar surface area (TPSA) is 65.4 Å². The third kappa shape index (κ3) is 3.87. The van der Waals surface area contributed by atoms with E-state index in [0.29, 0.717) is 5.75 Å². The minimum Gasteiger partial charge on any atom is -0.496 e. The molecule has 3 rings (SSSR count). The van der Waals surface area contributed by atoms with E-state index in [9.17, 15) is 13.6 Å². The van der Waals surface area contributed by atoms with Gasteiger partial charge >= 0.3 is 6.61 Å². The molecule has 0 saturated heterocycles. The van der Waals surface area contributed by atoms with Crippen LogP contribution in [0.25, 0.3) is 11.0 Å². The fraction of sp³-hybridized carbons (Fsp3) is 0.263. The Balaban J connectivity index is 1.84. The van der Waals surface area contributed by atoms with Crippen molar-refractivity contribution in [1.82, 2.24) is 14.9 Å². The quantitative estimate of drug-likeness (QED) is 0.666. The number of nitrogens with one attached hydrogen (secondary N) is 1. The van der Waals surface area contributed by atoms with Crippen molar-refractivity contribution < 1.29 is 23.0 Å². The van der Waals surface area contributed by atoms with Crippen LogP contribution in [0.5, 0.6) is 11.5 Å². The largest absolute Gasteiger partial charge is 0.496 e. The molecule has 0 unspecified atom stereocenters. The van der Waals surface area contributed by atoms with Crippen LogP contribution in [0.4, 0.5) is 8.78 Å². The van der Waals surface area contributed by atoms with E-state index in [1.165, 1.54) is 18.2 Å². The summed E-state index contributed by atoms with van der Waals surface area (Å²) in [5.41, 5.74) is 2.65. The van der Waals surface area contributed by atoms with E-state index >= 15 is 0 Å². The number of carbonyl (C=O) groups excluding carboxylic acids is 1. The molecule has 0 aliphatic rings. The Kier molecular flexibility index (Phi) is 5.69. The number of carbonyl (C=O) groups is 1. The molecular weight excluding hydrogens is 392 g/mol. The Morgan fingerprint density at radius 3 is 2.64 bits per heavy atom. The smallest absolute Gasteiger partial charge is 0.387 e. The number of halogens is 3. The highest BCUT2D eigenvalue weighted by atomic mass is 35.5. The predicted octanol–water partition coefficient (Wildman–Crippen LogP) is 4.08. The molecule has 0 atom stereocenters. The van der Waals surface area contributed by atoms with Crippen LogP contribution < -0.4 is 14.8 Å². The average molecular weight is 410 g/mol. The molecule has 9 heteroatoms. The van der Waals surface area contributed by atoms with Crippen molar-refractivity contribution in [3.63, 3.8) is 0 Å². The first-order valence-electron chi connectivity index (χ1n) is 8.33. The first-order valence-corrected chi connectivity index (χ1v) is 8.71. The predicted molar refractivity (Wildman–Crippen MR) is 101 cm³/mol. The highest BCUT2D eigenvalue weighted by molar-refractivity contribution is 6.32. The van der Waals surface area contributed by atoms with Gasteiger partial charge in [-0.25, -0.2) is 4.98 Å². The molecule has 1 N–H and O–H groups in total. The Bertz CT molecular complexity index is 1040. The van der Waals surface area contributed by atoms with Gasteiger partial charge < -0.3 is 19.4 Å². The van der Waals surface area contributed by atoms with Gasteiger partial charge in [0.05, 0.1) is 23.2 Å². The molecule has 1 heterocycles. The van der Waals surface area contributed by atoms with Crippen LogP contribution in [-0.2, 0) is 13.6 Å². The fourth-order valence-corrected chi connectivity index (χ4v) is 3.17. The summed E-state index contributed by atoms with van der Waals surface area (Å²) in [7, 11) is 3.44. The molecule has 0 saturated carbocycles. The van der Waals surface area contributed by atoms with Gasteiger partial charge in [-0.15, -0.1) is 0 Å². The number of benzene rings is 2. The molecule has 6 nitrogen and oxygen atoms in total. The Morgan fingerprint density at radius 2 is 2.00 bits per heavy atom. The number of methoxy groups -OCH3 is 1. The molecular formula is C19H18ClF2N3O3. The first-order chi connectivity index (χ1) is 13.3. The van der Waals surface area contributed by atoms with Gasteiger partial charge in [0, 0.05) is 24.7 Å². The molecule has 0 aliphatic carbocycles. The standard InChI is InChI=1S/C19H18ClF2N3O3/c1-10-24-14-5-7-15(27-3)12(17(14)25(10)2)9-23-18(26)11-4-6-16(13(20)8-11)28-19(21)22/h4-8,19H,9H2,1-3H3,(H,23,26). The Hall–Kier alpha value is -2.87. The van der Waals surface area contributed by atoms with Crippen molar-refractivity contribution in [3.8, 4) is 11.5 Å². The number of hydrogen-bond donors (Lipinski definition) is 1. The number of amides is 1. The lowest BCUT2D eigenvalue weighted by atomic mass is 10.1. The maximum atomic E-state index is 12.5. The zero-order chi connectivity index (χ0) is 20.4. The third-order valence-electron chi connectivity index (χ3n) is 4.38. The second kappa shape index (κ2) is 8.02. The van der Waals surface area contributed by atoms with Gasteiger partial charge in [0.15, 0.2) is 0 Å². The zero-order valence-corrected chi connectivity index (χ0v) is 16.2. The molecule has 0 fully saturated rings. The van der Waals surface area contributed by atoms with Gasteiger partial charge in [-0.05, 0) is 37.3 Å². The van der Waals surface area contributed by atoms with Gasteiger partial charge in [0.2, 0.25) is 0 Å². The lowest BCUT2D eigenvalue weighted by Gasteiger charge is -2.13. The van der Waals surface area contributed by atoms with E-state index in [1.54, 1.807) is 13.2 Å². The molecule has 148 valence electrons. The highest BCUT2D eigenvalue weighted by Gasteiger charge is 2.17. The first kappa shape index (κ1) is 19.9. The second-order valence-electron chi connectivity index (χ2n) is 6.04. The molecule has 0 aliphatic heterocycles. The molecule has 2 aromatic carbocycles. The number of nitrogens with zero attached hydrogens (tertiary/aromatic N) is 2. The van der Waals surface area contributed by atoms with Crippen LogP contribution in [0.2, 0.25) is 5.02 Å². The maximum Gasteiger partial charge on any atom is 0.387 e. The number of alkyl halides is 2. The van der Waals surface area contributed by atoms with Crippen molar-refractivity contribution in [2.24, 2.45) is 7.05 Å². The number of aryl methyl sites for hydroxylation is 2. The molecule has 0 spiro atoms. The summed E-state index contributed by atoms with van der Waals surface area (Å²) in [6, 6.07) is 7.53. The van der Waals surface area contributed by atoms with Crippen LogP contribution in [-0.4, -0.2) is 29.2 Å². The van der Waals surface area contributed by atoms with Crippen LogP contribution in [0.1, 0.15) is 21.7 Å². The minimum absolute atomic E-state index is 0.0742. The number of fused-ring (bicyclic) bond motifs is 1. The SMILES string of the molecule is COc1ccc2nc(C)n(C)c2c1CNC(=O)c1ccc(OC(F)F)c(Cl)c1. The van der Waals surface area contributed by atoms with Crippen molar-refractivity contribution in [2.45, 2.75) is 20.1 Å². The van der Waals surface area contributed by atoms with E-state index in [2.05, 4.69) is 15.0 Å². The minimum atomic E-state index is -2.99. The summed E-state index contributed by atoms with van der Waals surface area (Å²) >= 11 is 5.91. The Morgan fingerprint density at radius 1 is 1.29 bits per heavy atom. The molecule has 1 aromatic heterocycles. The number of aromatic nitrogens is 2. The number of ether oxygens (including phenoxy) is 2. The van der Waals surface area contributed by atoms with E-state index in [4.69, 9.17) is 16.3 Å². The van der Waals surface area contributed by atoms with Crippen molar-refractivity contribution in [2.75, 3.05) is 7.11 Å². The molecule has 0 bridgehead atoms. The van der Waals surface area contributed by atoms with Crippen LogP contribution in [0, 0.1) is 6.92 Å². The third-order valence-corrected chi connectivity index (χ3v) is 4.67. The molecule has 0 radical (unpaired) electrons. The summed E-state index contributed by atoms with van der Waals surface area (Å²) < 4.78 is 36.3. The lowest BCUT2D eigenvalue weighted by Crippen LogP contribution is -2.23. The van der Waals surface area contributed by atoms with Gasteiger partial charge in [0.25, 0.3) is 5.91 Å². The lowest BCUT2D eigenvalue weighted by molar-refractivity contribution is -0.0497. The molecule has 3 aromatic rings. The number of rotatable bonds is 6.